The van der Waals surface area contributed by atoms with E-state index in [4.69, 9.17) is 4.74 Å². The van der Waals surface area contributed by atoms with Crippen molar-refractivity contribution in [2.75, 3.05) is 0 Å². The Balaban J connectivity index is 1.79. The summed E-state index contributed by atoms with van der Waals surface area (Å²) in [5.41, 5.74) is -0.00880. The summed E-state index contributed by atoms with van der Waals surface area (Å²) in [5.74, 6) is 2.05. The molecule has 1 fully saturated rings. The maximum absolute atomic E-state index is 5.77. The first kappa shape index (κ1) is 9.04. The average molecular weight is 182 g/mol. The van der Waals surface area contributed by atoms with Gasteiger partial charge in [0.25, 0.3) is 0 Å². The highest BCUT2D eigenvalue weighted by molar-refractivity contribution is 5.90. The van der Waals surface area contributed by atoms with Crippen molar-refractivity contribution in [3.8, 4) is 0 Å². The van der Waals surface area contributed by atoms with Crippen LogP contribution >= 0.6 is 0 Å². The van der Waals surface area contributed by atoms with Crippen LogP contribution in [0.2, 0.25) is 0 Å². The molecule has 2 unspecified atom stereocenters. The maximum Gasteiger partial charge on any atom is 0.416 e. The lowest BCUT2D eigenvalue weighted by Gasteiger charge is -2.15. The SMILES string of the molecule is CC(C)CC1C2C(OC(C)(C)C)=[N+]12. The molecule has 0 bridgehead atoms. The van der Waals surface area contributed by atoms with Gasteiger partial charge in [0.05, 0.1) is 0 Å². The van der Waals surface area contributed by atoms with Crippen molar-refractivity contribution in [1.29, 1.82) is 0 Å². The third-order valence-corrected chi connectivity index (χ3v) is 2.50. The lowest BCUT2D eigenvalue weighted by molar-refractivity contribution is -0.322. The van der Waals surface area contributed by atoms with E-state index in [0.717, 1.165) is 12.0 Å². The van der Waals surface area contributed by atoms with Gasteiger partial charge in [0.15, 0.2) is 0 Å². The van der Waals surface area contributed by atoms with Gasteiger partial charge in [0, 0.05) is 6.42 Å². The minimum absolute atomic E-state index is 0.00880. The minimum atomic E-state index is -0.00880. The summed E-state index contributed by atoms with van der Waals surface area (Å²) in [6, 6.07) is 1.51. The zero-order valence-corrected chi connectivity index (χ0v) is 9.29. The Hall–Kier alpha value is -0.530. The van der Waals surface area contributed by atoms with Crippen molar-refractivity contribution in [2.24, 2.45) is 5.92 Å². The largest absolute Gasteiger partial charge is 0.437 e. The number of fused-ring (bicyclic) bond motifs is 1. The van der Waals surface area contributed by atoms with E-state index in [1.165, 1.54) is 12.3 Å². The highest BCUT2D eigenvalue weighted by Gasteiger charge is 2.80. The van der Waals surface area contributed by atoms with Gasteiger partial charge in [-0.3, -0.25) is 0 Å². The van der Waals surface area contributed by atoms with Crippen LogP contribution in [0.4, 0.5) is 0 Å². The summed E-state index contributed by atoms with van der Waals surface area (Å²) in [4.78, 5) is 0. The van der Waals surface area contributed by atoms with Crippen molar-refractivity contribution in [3.63, 3.8) is 0 Å². The second-order valence-electron chi connectivity index (χ2n) is 5.60. The topological polar surface area (TPSA) is 12.2 Å². The van der Waals surface area contributed by atoms with Gasteiger partial charge in [0.1, 0.15) is 5.60 Å². The Morgan fingerprint density at radius 2 is 1.92 bits per heavy atom. The standard InChI is InChI=1S/C11H20NO/c1-7(2)6-8-9-10(12(8)9)13-11(3,4)5/h7-9H,6H2,1-5H3/q+1. The molecule has 0 radical (unpaired) electrons. The second-order valence-corrected chi connectivity index (χ2v) is 5.60. The van der Waals surface area contributed by atoms with Crippen LogP contribution in [0.15, 0.2) is 0 Å². The van der Waals surface area contributed by atoms with Gasteiger partial charge in [-0.2, -0.15) is 4.58 Å². The Morgan fingerprint density at radius 3 is 2.31 bits per heavy atom. The zero-order chi connectivity index (χ0) is 9.80. The molecule has 0 aromatic heterocycles. The van der Waals surface area contributed by atoms with E-state index in [1.807, 2.05) is 0 Å². The fraction of sp³-hybridized carbons (Fsp3) is 0.909. The van der Waals surface area contributed by atoms with Crippen LogP contribution in [0, 0.1) is 5.92 Å². The molecule has 2 aliphatic heterocycles. The highest BCUT2D eigenvalue weighted by Crippen LogP contribution is 2.43. The molecule has 2 heterocycles. The summed E-state index contributed by atoms with van der Waals surface area (Å²) >= 11 is 0. The Morgan fingerprint density at radius 1 is 1.38 bits per heavy atom. The van der Waals surface area contributed by atoms with Crippen LogP contribution in [0.1, 0.15) is 41.0 Å². The molecule has 0 amide bonds. The van der Waals surface area contributed by atoms with Crippen molar-refractivity contribution in [3.05, 3.63) is 0 Å². The van der Waals surface area contributed by atoms with Gasteiger partial charge in [-0.15, -0.1) is 0 Å². The predicted molar refractivity (Wildman–Crippen MR) is 53.1 cm³/mol. The van der Waals surface area contributed by atoms with E-state index in [0.29, 0.717) is 6.04 Å². The summed E-state index contributed by atoms with van der Waals surface area (Å²) in [7, 11) is 0. The third-order valence-electron chi connectivity index (χ3n) is 2.50. The van der Waals surface area contributed by atoms with Gasteiger partial charge < -0.3 is 4.74 Å². The molecule has 2 nitrogen and oxygen atoms in total. The summed E-state index contributed by atoms with van der Waals surface area (Å²) in [5, 5.41) is 0. The number of hydrogen-bond donors (Lipinski definition) is 0. The minimum Gasteiger partial charge on any atom is -0.437 e. The molecule has 13 heavy (non-hydrogen) atoms. The summed E-state index contributed by atoms with van der Waals surface area (Å²) in [6.07, 6.45) is 1.32. The van der Waals surface area contributed by atoms with Gasteiger partial charge in [-0.25, -0.2) is 0 Å². The van der Waals surface area contributed by atoms with E-state index in [1.54, 1.807) is 0 Å². The Labute approximate surface area is 80.6 Å². The quantitative estimate of drug-likeness (QED) is 0.470. The van der Waals surface area contributed by atoms with E-state index >= 15 is 0 Å². The van der Waals surface area contributed by atoms with Crippen LogP contribution in [-0.4, -0.2) is 28.2 Å². The smallest absolute Gasteiger partial charge is 0.416 e. The van der Waals surface area contributed by atoms with Crippen LogP contribution in [0.5, 0.6) is 0 Å². The predicted octanol–water partition coefficient (Wildman–Crippen LogP) is 2.02. The molecule has 0 aliphatic carbocycles. The summed E-state index contributed by atoms with van der Waals surface area (Å²) < 4.78 is 8.16. The van der Waals surface area contributed by atoms with Gasteiger partial charge in [-0.1, -0.05) is 13.8 Å². The molecule has 0 saturated carbocycles. The highest BCUT2D eigenvalue weighted by atomic mass is 16.5. The number of hydrogen-bond acceptors (Lipinski definition) is 1. The second kappa shape index (κ2) is 2.49. The summed E-state index contributed by atoms with van der Waals surface area (Å²) in [6.45, 7) is 10.9. The molecule has 2 rings (SSSR count). The van der Waals surface area contributed by atoms with E-state index in [9.17, 15) is 0 Å². The number of ether oxygens (including phenoxy) is 1. The van der Waals surface area contributed by atoms with Crippen LogP contribution in [-0.2, 0) is 4.74 Å². The molecule has 74 valence electrons. The Bertz CT molecular complexity index is 260. The third kappa shape index (κ3) is 1.72. The van der Waals surface area contributed by atoms with Crippen LogP contribution < -0.4 is 0 Å². The molecule has 0 spiro atoms. The van der Waals surface area contributed by atoms with E-state index < -0.39 is 0 Å². The number of nitrogens with zero attached hydrogens (tertiary/aromatic N) is 1. The molecular formula is C11H20NO+. The molecule has 2 aliphatic rings. The van der Waals surface area contributed by atoms with E-state index in [2.05, 4.69) is 39.2 Å². The molecule has 2 atom stereocenters. The first-order chi connectivity index (χ1) is 5.90. The molecule has 1 saturated heterocycles. The van der Waals surface area contributed by atoms with Crippen molar-refractivity contribution >= 4 is 5.90 Å². The van der Waals surface area contributed by atoms with Crippen molar-refractivity contribution in [1.82, 2.24) is 0 Å². The van der Waals surface area contributed by atoms with E-state index in [-0.39, 0.29) is 5.60 Å². The van der Waals surface area contributed by atoms with Crippen LogP contribution in [0.3, 0.4) is 0 Å². The lowest BCUT2D eigenvalue weighted by atomic mass is 10.1. The van der Waals surface area contributed by atoms with Gasteiger partial charge in [-0.05, 0) is 26.7 Å². The molecule has 0 N–H and O–H groups in total. The maximum atomic E-state index is 5.77. The average Bonchev–Trinajstić information content (AvgIpc) is 2.72. The molecule has 0 aromatic rings. The number of rotatable bonds is 2. The molecule has 2 heteroatoms. The first-order valence-corrected chi connectivity index (χ1v) is 5.24. The fourth-order valence-corrected chi connectivity index (χ4v) is 1.88. The van der Waals surface area contributed by atoms with Crippen molar-refractivity contribution < 1.29 is 9.31 Å². The monoisotopic (exact) mass is 182 g/mol. The molecular weight excluding hydrogens is 162 g/mol. The lowest BCUT2D eigenvalue weighted by Crippen LogP contribution is -2.26. The van der Waals surface area contributed by atoms with Crippen LogP contribution in [0.25, 0.3) is 0 Å². The van der Waals surface area contributed by atoms with Gasteiger partial charge in [0.2, 0.25) is 6.04 Å². The fourth-order valence-electron chi connectivity index (χ4n) is 1.88. The zero-order valence-electron chi connectivity index (χ0n) is 9.29. The molecule has 0 aromatic carbocycles. The Kier molecular flexibility index (Phi) is 1.73. The van der Waals surface area contributed by atoms with Gasteiger partial charge >= 0.3 is 11.9 Å². The van der Waals surface area contributed by atoms with Crippen molar-refractivity contribution in [2.45, 2.75) is 58.7 Å². The normalized spacial score (nSPS) is 30.6. The first-order valence-electron chi connectivity index (χ1n) is 5.24.